The van der Waals surface area contributed by atoms with Crippen molar-refractivity contribution in [2.45, 2.75) is 13.3 Å². The first-order chi connectivity index (χ1) is 10.4. The number of fused-ring (bicyclic) bond motifs is 1. The fourth-order valence-electron chi connectivity index (χ4n) is 2.10. The molecule has 0 radical (unpaired) electrons. The minimum absolute atomic E-state index is 0.0677. The van der Waals surface area contributed by atoms with Crippen LogP contribution in [0.25, 0.3) is 11.0 Å². The summed E-state index contributed by atoms with van der Waals surface area (Å²) >= 11 is 0. The molecular formula is C14H18N3O4P. The first kappa shape index (κ1) is 16.4. The van der Waals surface area contributed by atoms with Crippen molar-refractivity contribution in [1.29, 1.82) is 0 Å². The van der Waals surface area contributed by atoms with E-state index in [2.05, 4.69) is 4.98 Å². The second-order valence-electron chi connectivity index (χ2n) is 4.95. The van der Waals surface area contributed by atoms with E-state index in [0.717, 1.165) is 4.68 Å². The molecule has 2 rings (SSSR count). The Morgan fingerprint density at radius 3 is 2.77 bits per heavy atom. The smallest absolute Gasteiger partial charge is 0.298 e. The van der Waals surface area contributed by atoms with E-state index in [-0.39, 0.29) is 18.3 Å². The van der Waals surface area contributed by atoms with E-state index in [0.29, 0.717) is 17.6 Å². The zero-order valence-electron chi connectivity index (χ0n) is 12.5. The number of carbonyl (C=O) groups is 1. The third-order valence-electron chi connectivity index (χ3n) is 3.21. The fourth-order valence-corrected chi connectivity index (χ4v) is 3.38. The van der Waals surface area contributed by atoms with E-state index in [1.807, 2.05) is 0 Å². The van der Waals surface area contributed by atoms with Gasteiger partial charge < -0.3 is 10.4 Å². The maximum Gasteiger partial charge on any atom is 0.298 e. The molecule has 0 amide bonds. The molecule has 0 bridgehead atoms. The molecule has 2 aromatic rings. The number of hydrogen-bond acceptors (Lipinski definition) is 6. The van der Waals surface area contributed by atoms with E-state index in [1.54, 1.807) is 31.2 Å². The summed E-state index contributed by atoms with van der Waals surface area (Å²) in [7, 11) is -2.83. The molecule has 1 heterocycles. The summed E-state index contributed by atoms with van der Waals surface area (Å²) in [5.74, 6) is 5.23. The lowest BCUT2D eigenvalue weighted by Crippen LogP contribution is -2.33. The van der Waals surface area contributed by atoms with Crippen LogP contribution in [0.5, 0.6) is 0 Å². The molecule has 7 nitrogen and oxygen atoms in total. The van der Waals surface area contributed by atoms with Gasteiger partial charge in [0.05, 0.1) is 17.6 Å². The Morgan fingerprint density at radius 2 is 2.09 bits per heavy atom. The van der Waals surface area contributed by atoms with E-state index in [4.69, 9.17) is 10.4 Å². The largest absolute Gasteiger partial charge is 0.336 e. The predicted octanol–water partition coefficient (Wildman–Crippen LogP) is 1.63. The molecular weight excluding hydrogens is 305 g/mol. The molecule has 2 N–H and O–H groups in total. The summed E-state index contributed by atoms with van der Waals surface area (Å²) in [5, 5.41) is 0. The van der Waals surface area contributed by atoms with Gasteiger partial charge in [-0.1, -0.05) is 12.1 Å². The predicted molar refractivity (Wildman–Crippen MR) is 85.1 cm³/mol. The highest BCUT2D eigenvalue weighted by Gasteiger charge is 2.21. The van der Waals surface area contributed by atoms with Crippen LogP contribution in [0.15, 0.2) is 29.1 Å². The van der Waals surface area contributed by atoms with Gasteiger partial charge in [0, 0.05) is 19.2 Å². The van der Waals surface area contributed by atoms with E-state index in [9.17, 15) is 14.2 Å². The highest BCUT2D eigenvalue weighted by molar-refractivity contribution is 7.58. The lowest BCUT2D eigenvalue weighted by atomic mass is 10.2. The highest BCUT2D eigenvalue weighted by Crippen LogP contribution is 2.42. The monoisotopic (exact) mass is 323 g/mol. The molecule has 118 valence electrons. The molecule has 1 aromatic carbocycles. The molecule has 8 heteroatoms. The van der Waals surface area contributed by atoms with Gasteiger partial charge in [0.2, 0.25) is 7.37 Å². The molecule has 0 spiro atoms. The normalized spacial score (nSPS) is 13.9. The number of nitrogens with zero attached hydrogens (tertiary/aromatic N) is 2. The van der Waals surface area contributed by atoms with Crippen molar-refractivity contribution < 1.29 is 13.9 Å². The number of rotatable bonds is 6. The molecule has 22 heavy (non-hydrogen) atoms. The minimum atomic E-state index is -2.83. The Bertz CT molecular complexity index is 815. The third-order valence-corrected chi connectivity index (χ3v) is 5.05. The number of para-hydroxylation sites is 2. The van der Waals surface area contributed by atoms with Gasteiger partial charge in [-0.15, -0.1) is 0 Å². The van der Waals surface area contributed by atoms with Gasteiger partial charge in [0.15, 0.2) is 11.5 Å². The Hall–Kier alpha value is -1.98. The zero-order valence-corrected chi connectivity index (χ0v) is 13.4. The SMILES string of the molecule is CCOP(C)(=O)CCC(=O)c1nc2ccccc2n(N)c1=O. The standard InChI is InChI=1S/C14H18N3O4P/c1-3-21-22(2,20)9-8-12(18)13-14(19)17(15)11-7-5-4-6-10(11)16-13/h4-7H,3,8-9,15H2,1-2H3. The zero-order chi connectivity index (χ0) is 16.3. The summed E-state index contributed by atoms with van der Waals surface area (Å²) in [6, 6.07) is 6.78. The topological polar surface area (TPSA) is 104 Å². The number of aromatic nitrogens is 2. The first-order valence-corrected chi connectivity index (χ1v) is 9.12. The Kier molecular flexibility index (Phi) is 4.78. The Labute approximate surface area is 127 Å². The summed E-state index contributed by atoms with van der Waals surface area (Å²) in [6.07, 6.45) is -0.00739. The molecule has 0 saturated carbocycles. The average Bonchev–Trinajstić information content (AvgIpc) is 2.48. The van der Waals surface area contributed by atoms with E-state index >= 15 is 0 Å². The summed E-state index contributed by atoms with van der Waals surface area (Å²) in [4.78, 5) is 28.4. The van der Waals surface area contributed by atoms with Gasteiger partial charge in [0.25, 0.3) is 5.56 Å². The van der Waals surface area contributed by atoms with Crippen molar-refractivity contribution in [2.75, 3.05) is 25.3 Å². The number of Topliss-reactive ketones (excluding diaryl/α,β-unsaturated/α-hetero) is 1. The second kappa shape index (κ2) is 6.42. The molecule has 0 fully saturated rings. The summed E-state index contributed by atoms with van der Waals surface area (Å²) < 4.78 is 18.0. The van der Waals surface area contributed by atoms with Crippen molar-refractivity contribution >= 4 is 24.2 Å². The number of nitrogens with two attached hydrogens (primary N) is 1. The van der Waals surface area contributed by atoms with Crippen LogP contribution in [-0.2, 0) is 9.09 Å². The maximum atomic E-state index is 12.2. The molecule has 0 saturated heterocycles. The van der Waals surface area contributed by atoms with Gasteiger partial charge in [-0.3, -0.25) is 14.2 Å². The molecule has 1 aromatic heterocycles. The van der Waals surface area contributed by atoms with Crippen LogP contribution in [0.1, 0.15) is 23.8 Å². The summed E-state index contributed by atoms with van der Waals surface area (Å²) in [6.45, 7) is 3.51. The van der Waals surface area contributed by atoms with Crippen LogP contribution >= 0.6 is 7.37 Å². The number of hydrogen-bond donors (Lipinski definition) is 1. The van der Waals surface area contributed by atoms with E-state index in [1.165, 1.54) is 6.66 Å². The molecule has 1 unspecified atom stereocenters. The lowest BCUT2D eigenvalue weighted by molar-refractivity contribution is 0.0981. The second-order valence-corrected chi connectivity index (χ2v) is 7.69. The molecule has 1 atom stereocenters. The molecule has 0 aliphatic heterocycles. The van der Waals surface area contributed by atoms with E-state index < -0.39 is 18.7 Å². The Balaban J connectivity index is 2.31. The van der Waals surface area contributed by atoms with Gasteiger partial charge in [-0.2, -0.15) is 0 Å². The number of ketones is 1. The van der Waals surface area contributed by atoms with Crippen LogP contribution in [0.4, 0.5) is 0 Å². The fraction of sp³-hybridized carbons (Fsp3) is 0.357. The molecule has 0 aliphatic rings. The van der Waals surface area contributed by atoms with Crippen molar-refractivity contribution in [3.63, 3.8) is 0 Å². The van der Waals surface area contributed by atoms with Crippen LogP contribution in [0.2, 0.25) is 0 Å². The van der Waals surface area contributed by atoms with Crippen molar-refractivity contribution in [2.24, 2.45) is 0 Å². The number of benzene rings is 1. The van der Waals surface area contributed by atoms with Crippen molar-refractivity contribution in [3.8, 4) is 0 Å². The van der Waals surface area contributed by atoms with Crippen LogP contribution in [0.3, 0.4) is 0 Å². The van der Waals surface area contributed by atoms with Gasteiger partial charge in [0.1, 0.15) is 0 Å². The lowest BCUT2D eigenvalue weighted by Gasteiger charge is -2.12. The van der Waals surface area contributed by atoms with Crippen LogP contribution < -0.4 is 11.4 Å². The minimum Gasteiger partial charge on any atom is -0.336 e. The van der Waals surface area contributed by atoms with Crippen LogP contribution in [-0.4, -0.2) is 34.9 Å². The number of carbonyl (C=O) groups excluding carboxylic acids is 1. The van der Waals surface area contributed by atoms with Crippen molar-refractivity contribution in [1.82, 2.24) is 9.66 Å². The first-order valence-electron chi connectivity index (χ1n) is 6.87. The third kappa shape index (κ3) is 3.43. The maximum absolute atomic E-state index is 12.2. The van der Waals surface area contributed by atoms with Crippen LogP contribution in [0, 0.1) is 0 Å². The number of nitrogen functional groups attached to an aromatic ring is 1. The quantitative estimate of drug-likeness (QED) is 0.492. The van der Waals surface area contributed by atoms with Crippen molar-refractivity contribution in [3.05, 3.63) is 40.3 Å². The van der Waals surface area contributed by atoms with Gasteiger partial charge in [-0.05, 0) is 19.1 Å². The highest BCUT2D eigenvalue weighted by atomic mass is 31.2. The van der Waals surface area contributed by atoms with Gasteiger partial charge >= 0.3 is 0 Å². The molecule has 0 aliphatic carbocycles. The summed E-state index contributed by atoms with van der Waals surface area (Å²) in [5.41, 5.74) is 0.000660. The average molecular weight is 323 g/mol. The van der Waals surface area contributed by atoms with Gasteiger partial charge in [-0.25, -0.2) is 9.66 Å². The Morgan fingerprint density at radius 1 is 1.41 bits per heavy atom.